The maximum absolute atomic E-state index is 14.2. The molecule has 2 N–H and O–H groups in total. The van der Waals surface area contributed by atoms with E-state index < -0.39 is 44.3 Å². The van der Waals surface area contributed by atoms with Gasteiger partial charge in [0, 0.05) is 0 Å². The summed E-state index contributed by atoms with van der Waals surface area (Å²) in [5.74, 6) is -3.98. The average molecular weight is 513 g/mol. The molecule has 0 bridgehead atoms. The molecular weight excluding hydrogens is 494 g/mol. The van der Waals surface area contributed by atoms with Crippen molar-refractivity contribution in [2.75, 3.05) is 17.1 Å². The van der Waals surface area contributed by atoms with E-state index in [4.69, 9.17) is 4.74 Å². The highest BCUT2D eigenvalue weighted by Gasteiger charge is 2.34. The van der Waals surface area contributed by atoms with Crippen molar-refractivity contribution in [3.63, 3.8) is 0 Å². The summed E-state index contributed by atoms with van der Waals surface area (Å²) in [6.45, 7) is 3.40. The lowest BCUT2D eigenvalue weighted by Gasteiger charge is -2.16. The van der Waals surface area contributed by atoms with Crippen molar-refractivity contribution >= 4 is 27.3 Å². The summed E-state index contributed by atoms with van der Waals surface area (Å²) >= 11 is 0. The van der Waals surface area contributed by atoms with Crippen LogP contribution in [0.5, 0.6) is 11.6 Å². The molecule has 35 heavy (non-hydrogen) atoms. The molecule has 8 nitrogen and oxygen atoms in total. The summed E-state index contributed by atoms with van der Waals surface area (Å²) in [5.41, 5.74) is 0.324. The smallest absolute Gasteiger partial charge is 0.480 e. The second-order valence-corrected chi connectivity index (χ2v) is 8.87. The summed E-state index contributed by atoms with van der Waals surface area (Å²) in [7, 11) is -3.12. The number of benzene rings is 2. The van der Waals surface area contributed by atoms with Crippen LogP contribution in [0, 0.1) is 19.7 Å². The summed E-state index contributed by atoms with van der Waals surface area (Å²) in [5, 5.41) is 2.14. The number of pyridine rings is 1. The summed E-state index contributed by atoms with van der Waals surface area (Å²) in [6.07, 6.45) is -4.18. The van der Waals surface area contributed by atoms with E-state index in [0.29, 0.717) is 16.8 Å². The summed E-state index contributed by atoms with van der Waals surface area (Å²) in [6, 6.07) is 8.60. The second-order valence-electron chi connectivity index (χ2n) is 7.22. The largest absolute Gasteiger partial charge is 0.573 e. The molecular formula is C22H19F4N3O5S. The molecule has 0 aliphatic heterocycles. The van der Waals surface area contributed by atoms with Crippen molar-refractivity contribution in [2.24, 2.45) is 0 Å². The molecule has 0 unspecified atom stereocenters. The fourth-order valence-corrected chi connectivity index (χ4v) is 4.49. The molecule has 1 heterocycles. The van der Waals surface area contributed by atoms with Crippen LogP contribution in [0.3, 0.4) is 0 Å². The van der Waals surface area contributed by atoms with Gasteiger partial charge in [0.25, 0.3) is 15.9 Å². The number of nitrogens with zero attached hydrogens (tertiary/aromatic N) is 1. The van der Waals surface area contributed by atoms with Crippen LogP contribution in [0.2, 0.25) is 0 Å². The SMILES string of the molecule is COc1ncc(NC(=O)c2c(F)cccc2OC(F)(F)F)cc1S(=O)(=O)Nc1c(C)cccc1C. The Labute approximate surface area is 198 Å². The van der Waals surface area contributed by atoms with Crippen molar-refractivity contribution < 1.29 is 40.2 Å². The van der Waals surface area contributed by atoms with Gasteiger partial charge < -0.3 is 14.8 Å². The molecule has 0 spiro atoms. The molecule has 0 atom stereocenters. The van der Waals surface area contributed by atoms with Crippen LogP contribution in [0.25, 0.3) is 0 Å². The van der Waals surface area contributed by atoms with Gasteiger partial charge in [-0.05, 0) is 43.2 Å². The molecule has 0 aliphatic rings. The third-order valence-electron chi connectivity index (χ3n) is 4.70. The lowest BCUT2D eigenvalue weighted by atomic mass is 10.1. The first-order chi connectivity index (χ1) is 16.3. The van der Waals surface area contributed by atoms with Gasteiger partial charge in [-0.3, -0.25) is 9.52 Å². The molecule has 1 aromatic heterocycles. The molecule has 1 amide bonds. The Bertz CT molecular complexity index is 1360. The number of para-hydroxylation sites is 1. The summed E-state index contributed by atoms with van der Waals surface area (Å²) in [4.78, 5) is 16.0. The van der Waals surface area contributed by atoms with E-state index in [1.807, 2.05) is 0 Å². The van der Waals surface area contributed by atoms with Crippen molar-refractivity contribution in [1.82, 2.24) is 4.98 Å². The van der Waals surface area contributed by atoms with Gasteiger partial charge in [-0.15, -0.1) is 13.2 Å². The van der Waals surface area contributed by atoms with Gasteiger partial charge in [0.1, 0.15) is 17.1 Å². The van der Waals surface area contributed by atoms with Crippen LogP contribution in [0.15, 0.2) is 53.6 Å². The van der Waals surface area contributed by atoms with Gasteiger partial charge in [-0.1, -0.05) is 24.3 Å². The standard InChI is InChI=1S/C22H19F4N3O5S/c1-12-6-4-7-13(2)19(12)29-35(31,32)17-10-14(11-27-21(17)33-3)28-20(30)18-15(23)8-5-9-16(18)34-22(24,25)26/h4-11,29H,1-3H3,(H,28,30). The number of aromatic nitrogens is 1. The number of hydrogen-bond acceptors (Lipinski definition) is 6. The molecule has 0 aliphatic carbocycles. The van der Waals surface area contributed by atoms with E-state index in [-0.39, 0.29) is 11.6 Å². The first-order valence-electron chi connectivity index (χ1n) is 9.81. The molecule has 3 rings (SSSR count). The minimum absolute atomic E-state index is 0.251. The third kappa shape index (κ3) is 5.98. The fraction of sp³-hybridized carbons (Fsp3) is 0.182. The van der Waals surface area contributed by atoms with Gasteiger partial charge >= 0.3 is 6.36 Å². The van der Waals surface area contributed by atoms with E-state index >= 15 is 0 Å². The number of rotatable bonds is 7. The van der Waals surface area contributed by atoms with E-state index in [1.165, 1.54) is 7.11 Å². The van der Waals surface area contributed by atoms with E-state index in [9.17, 15) is 30.8 Å². The Morgan fingerprint density at radius 1 is 1.06 bits per heavy atom. The van der Waals surface area contributed by atoms with Crippen molar-refractivity contribution in [3.05, 3.63) is 71.2 Å². The molecule has 0 fully saturated rings. The average Bonchev–Trinajstić information content (AvgIpc) is 2.75. The Morgan fingerprint density at radius 3 is 2.29 bits per heavy atom. The Morgan fingerprint density at radius 2 is 1.69 bits per heavy atom. The minimum atomic E-state index is -5.18. The zero-order valence-corrected chi connectivity index (χ0v) is 19.3. The van der Waals surface area contributed by atoms with Crippen molar-refractivity contribution in [2.45, 2.75) is 25.1 Å². The zero-order chi connectivity index (χ0) is 26.0. The Kier molecular flexibility index (Phi) is 7.19. The Hall–Kier alpha value is -3.87. The van der Waals surface area contributed by atoms with Gasteiger partial charge in [0.15, 0.2) is 4.90 Å². The van der Waals surface area contributed by atoms with Gasteiger partial charge in [0.2, 0.25) is 5.88 Å². The van der Waals surface area contributed by atoms with Crippen LogP contribution in [-0.4, -0.2) is 32.8 Å². The number of carbonyl (C=O) groups is 1. The zero-order valence-electron chi connectivity index (χ0n) is 18.5. The van der Waals surface area contributed by atoms with Gasteiger partial charge in [0.05, 0.1) is 24.7 Å². The topological polar surface area (TPSA) is 107 Å². The highest BCUT2D eigenvalue weighted by Crippen LogP contribution is 2.31. The number of hydrogen-bond donors (Lipinski definition) is 2. The first-order valence-corrected chi connectivity index (χ1v) is 11.3. The molecule has 3 aromatic rings. The number of ether oxygens (including phenoxy) is 2. The highest BCUT2D eigenvalue weighted by molar-refractivity contribution is 7.92. The van der Waals surface area contributed by atoms with Crippen LogP contribution < -0.4 is 19.5 Å². The van der Waals surface area contributed by atoms with Gasteiger partial charge in [-0.2, -0.15) is 0 Å². The van der Waals surface area contributed by atoms with E-state index in [0.717, 1.165) is 30.5 Å². The number of aryl methyl sites for hydroxylation is 2. The molecule has 2 aromatic carbocycles. The quantitative estimate of drug-likeness (QED) is 0.440. The van der Waals surface area contributed by atoms with Crippen LogP contribution >= 0.6 is 0 Å². The predicted octanol–water partition coefficient (Wildman–Crippen LogP) is 4.80. The molecule has 13 heteroatoms. The number of sulfonamides is 1. The van der Waals surface area contributed by atoms with Crippen LogP contribution in [0.1, 0.15) is 21.5 Å². The van der Waals surface area contributed by atoms with Crippen LogP contribution in [-0.2, 0) is 10.0 Å². The molecule has 0 radical (unpaired) electrons. The maximum Gasteiger partial charge on any atom is 0.573 e. The first kappa shape index (κ1) is 25.7. The fourth-order valence-electron chi connectivity index (χ4n) is 3.14. The third-order valence-corrected chi connectivity index (χ3v) is 6.05. The highest BCUT2D eigenvalue weighted by atomic mass is 32.2. The predicted molar refractivity (Wildman–Crippen MR) is 119 cm³/mol. The lowest BCUT2D eigenvalue weighted by Crippen LogP contribution is -2.22. The lowest BCUT2D eigenvalue weighted by molar-refractivity contribution is -0.274. The van der Waals surface area contributed by atoms with Gasteiger partial charge in [-0.25, -0.2) is 17.8 Å². The summed E-state index contributed by atoms with van der Waals surface area (Å²) < 4.78 is 89.7. The Balaban J connectivity index is 1.98. The molecule has 186 valence electrons. The number of alkyl halides is 3. The number of amides is 1. The molecule has 0 saturated heterocycles. The normalized spacial score (nSPS) is 11.6. The van der Waals surface area contributed by atoms with E-state index in [2.05, 4.69) is 19.8 Å². The minimum Gasteiger partial charge on any atom is -0.480 e. The molecule has 0 saturated carbocycles. The van der Waals surface area contributed by atoms with Crippen molar-refractivity contribution in [1.29, 1.82) is 0 Å². The number of nitrogens with one attached hydrogen (secondary N) is 2. The number of anilines is 2. The van der Waals surface area contributed by atoms with Crippen LogP contribution in [0.4, 0.5) is 28.9 Å². The second kappa shape index (κ2) is 9.78. The maximum atomic E-state index is 14.2. The number of carbonyl (C=O) groups excluding carboxylic acids is 1. The number of halogens is 4. The number of methoxy groups -OCH3 is 1. The van der Waals surface area contributed by atoms with E-state index in [1.54, 1.807) is 32.0 Å². The van der Waals surface area contributed by atoms with Crippen molar-refractivity contribution in [3.8, 4) is 11.6 Å². The monoisotopic (exact) mass is 513 g/mol.